The van der Waals surface area contributed by atoms with Gasteiger partial charge in [-0.15, -0.1) is 0 Å². The molecule has 1 aliphatic heterocycles. The molecule has 9 nitrogen and oxygen atoms in total. The number of aliphatic hydroxyl groups excluding tert-OH is 1. The lowest BCUT2D eigenvalue weighted by atomic mass is 10.1. The third-order valence-electron chi connectivity index (χ3n) is 3.86. The van der Waals surface area contributed by atoms with Crippen LogP contribution in [0.15, 0.2) is 15.8 Å². The maximum atomic E-state index is 13.3. The molecule has 2 heterocycles. The smallest absolute Gasteiger partial charge is 0.330 e. The van der Waals surface area contributed by atoms with Crippen molar-refractivity contribution in [3.8, 4) is 0 Å². The van der Waals surface area contributed by atoms with Crippen LogP contribution in [0.4, 0.5) is 4.39 Å². The Labute approximate surface area is 142 Å². The predicted molar refractivity (Wildman–Crippen MR) is 84.2 cm³/mol. The zero-order chi connectivity index (χ0) is 18.7. The lowest BCUT2D eigenvalue weighted by Gasteiger charge is -2.18. The normalized spacial score (nSPS) is 24.5. The van der Waals surface area contributed by atoms with Crippen LogP contribution in [-0.4, -0.2) is 45.5 Å². The molecule has 0 aromatic carbocycles. The first-order valence-electron chi connectivity index (χ1n) is 7.95. The first kappa shape index (κ1) is 19.3. The van der Waals surface area contributed by atoms with E-state index in [9.17, 15) is 23.9 Å². The second-order valence-electron chi connectivity index (χ2n) is 6.44. The average molecular weight is 359 g/mol. The van der Waals surface area contributed by atoms with E-state index in [1.54, 1.807) is 0 Å². The minimum Gasteiger partial charge on any atom is -0.462 e. The third kappa shape index (κ3) is 4.74. The quantitative estimate of drug-likeness (QED) is 0.568. The van der Waals surface area contributed by atoms with Gasteiger partial charge in [-0.1, -0.05) is 13.8 Å². The molecule has 1 saturated heterocycles. The SMILES string of the molecule is CC(C)C[C@H](N)C(=O)OC[C@H]1O[C@@H](n2cc(F)c(=O)[nH]c2=O)C[C@@H]1O. The number of ether oxygens (including phenoxy) is 2. The summed E-state index contributed by atoms with van der Waals surface area (Å²) in [6, 6.07) is -0.773. The van der Waals surface area contributed by atoms with Gasteiger partial charge in [-0.05, 0) is 12.3 Å². The molecular formula is C15H22FN3O6. The van der Waals surface area contributed by atoms with Gasteiger partial charge in [0.1, 0.15) is 25.0 Å². The molecule has 0 amide bonds. The second-order valence-corrected chi connectivity index (χ2v) is 6.44. The van der Waals surface area contributed by atoms with Gasteiger partial charge >= 0.3 is 11.7 Å². The van der Waals surface area contributed by atoms with Crippen LogP contribution in [0.2, 0.25) is 0 Å². The number of hydrogen-bond acceptors (Lipinski definition) is 7. The number of aromatic nitrogens is 2. The number of H-pyrrole nitrogens is 1. The zero-order valence-corrected chi connectivity index (χ0v) is 14.0. The van der Waals surface area contributed by atoms with Crippen molar-refractivity contribution in [1.82, 2.24) is 9.55 Å². The fraction of sp³-hybridized carbons (Fsp3) is 0.667. The molecule has 0 unspecified atom stereocenters. The van der Waals surface area contributed by atoms with E-state index in [2.05, 4.69) is 0 Å². The molecule has 0 radical (unpaired) electrons. The van der Waals surface area contributed by atoms with Gasteiger partial charge in [0.15, 0.2) is 0 Å². The molecule has 25 heavy (non-hydrogen) atoms. The van der Waals surface area contributed by atoms with Crippen LogP contribution in [0.5, 0.6) is 0 Å². The predicted octanol–water partition coefficient (Wildman–Crippen LogP) is -0.759. The number of hydrogen-bond donors (Lipinski definition) is 3. The van der Waals surface area contributed by atoms with Crippen molar-refractivity contribution >= 4 is 5.97 Å². The minimum absolute atomic E-state index is 0.0222. The number of halogens is 1. The number of esters is 1. The monoisotopic (exact) mass is 359 g/mol. The highest BCUT2D eigenvalue weighted by Crippen LogP contribution is 2.27. The summed E-state index contributed by atoms with van der Waals surface area (Å²) >= 11 is 0. The van der Waals surface area contributed by atoms with E-state index in [4.69, 9.17) is 15.2 Å². The van der Waals surface area contributed by atoms with Crippen molar-refractivity contribution in [2.45, 2.75) is 51.2 Å². The molecule has 1 aromatic heterocycles. The number of rotatable bonds is 6. The van der Waals surface area contributed by atoms with Crippen molar-refractivity contribution in [1.29, 1.82) is 0 Å². The number of aliphatic hydroxyl groups is 1. The van der Waals surface area contributed by atoms with Gasteiger partial charge < -0.3 is 20.3 Å². The zero-order valence-electron chi connectivity index (χ0n) is 14.0. The van der Waals surface area contributed by atoms with E-state index in [0.717, 1.165) is 4.57 Å². The van der Waals surface area contributed by atoms with Crippen LogP contribution in [0.1, 0.15) is 32.9 Å². The van der Waals surface area contributed by atoms with Gasteiger partial charge in [-0.25, -0.2) is 4.79 Å². The molecule has 4 N–H and O–H groups in total. The standard InChI is InChI=1S/C15H22FN3O6/c1-7(2)3-9(17)14(22)24-6-11-10(20)4-12(25-11)19-5-8(16)13(21)18-15(19)23/h5,7,9-12,20H,3-4,6,17H2,1-2H3,(H,18,21,23)/t9-,10-,11+,12+/m0/s1. The van der Waals surface area contributed by atoms with Gasteiger partial charge in [0.05, 0.1) is 12.3 Å². The summed E-state index contributed by atoms with van der Waals surface area (Å²) in [6.07, 6.45) is -1.75. The van der Waals surface area contributed by atoms with E-state index in [1.165, 1.54) is 0 Å². The highest BCUT2D eigenvalue weighted by atomic mass is 19.1. The maximum absolute atomic E-state index is 13.3. The Morgan fingerprint density at radius 3 is 2.88 bits per heavy atom. The number of aromatic amines is 1. The van der Waals surface area contributed by atoms with Gasteiger partial charge in [-0.2, -0.15) is 4.39 Å². The molecular weight excluding hydrogens is 337 g/mol. The van der Waals surface area contributed by atoms with Gasteiger partial charge in [0, 0.05) is 6.42 Å². The van der Waals surface area contributed by atoms with Gasteiger partial charge in [-0.3, -0.25) is 19.1 Å². The molecule has 0 saturated carbocycles. The second kappa shape index (κ2) is 7.89. The van der Waals surface area contributed by atoms with E-state index in [-0.39, 0.29) is 18.9 Å². The summed E-state index contributed by atoms with van der Waals surface area (Å²) in [5.41, 5.74) is 3.71. The Morgan fingerprint density at radius 1 is 1.56 bits per heavy atom. The summed E-state index contributed by atoms with van der Waals surface area (Å²) < 4.78 is 24.7. The van der Waals surface area contributed by atoms with Crippen LogP contribution in [0.3, 0.4) is 0 Å². The van der Waals surface area contributed by atoms with Crippen LogP contribution in [0, 0.1) is 11.7 Å². The summed E-state index contributed by atoms with van der Waals surface area (Å²) in [6.45, 7) is 3.59. The van der Waals surface area contributed by atoms with Crippen molar-refractivity contribution < 1.29 is 23.8 Å². The van der Waals surface area contributed by atoms with Gasteiger partial charge in [0.25, 0.3) is 5.56 Å². The Balaban J connectivity index is 1.98. The molecule has 2 rings (SSSR count). The lowest BCUT2D eigenvalue weighted by Crippen LogP contribution is -2.37. The highest BCUT2D eigenvalue weighted by molar-refractivity contribution is 5.75. The molecule has 1 aromatic rings. The number of nitrogens with zero attached hydrogens (tertiary/aromatic N) is 1. The Morgan fingerprint density at radius 2 is 2.24 bits per heavy atom. The first-order valence-corrected chi connectivity index (χ1v) is 7.95. The fourth-order valence-electron chi connectivity index (χ4n) is 2.59. The van der Waals surface area contributed by atoms with E-state index >= 15 is 0 Å². The van der Waals surface area contributed by atoms with Crippen molar-refractivity contribution in [2.75, 3.05) is 6.61 Å². The van der Waals surface area contributed by atoms with E-state index < -0.39 is 47.5 Å². The molecule has 4 atom stereocenters. The van der Waals surface area contributed by atoms with Crippen molar-refractivity contribution in [3.63, 3.8) is 0 Å². The summed E-state index contributed by atoms with van der Waals surface area (Å²) in [5.74, 6) is -1.53. The molecule has 0 aliphatic carbocycles. The average Bonchev–Trinajstić information content (AvgIpc) is 2.88. The summed E-state index contributed by atoms with van der Waals surface area (Å²) in [7, 11) is 0. The number of nitrogens with one attached hydrogen (secondary N) is 1. The molecule has 0 bridgehead atoms. The maximum Gasteiger partial charge on any atom is 0.330 e. The number of carbonyl (C=O) groups is 1. The van der Waals surface area contributed by atoms with Crippen molar-refractivity contribution in [2.24, 2.45) is 11.7 Å². The topological polar surface area (TPSA) is 137 Å². The van der Waals surface area contributed by atoms with E-state index in [1.807, 2.05) is 18.8 Å². The molecule has 1 fully saturated rings. The fourth-order valence-corrected chi connectivity index (χ4v) is 2.59. The van der Waals surface area contributed by atoms with Crippen molar-refractivity contribution in [3.05, 3.63) is 32.9 Å². The lowest BCUT2D eigenvalue weighted by molar-refractivity contribution is -0.152. The molecule has 10 heteroatoms. The molecule has 1 aliphatic rings. The Hall–Kier alpha value is -2.04. The van der Waals surface area contributed by atoms with Crippen LogP contribution in [-0.2, 0) is 14.3 Å². The third-order valence-corrected chi connectivity index (χ3v) is 3.86. The molecule has 0 spiro atoms. The first-order chi connectivity index (χ1) is 11.7. The number of carbonyl (C=O) groups excluding carboxylic acids is 1. The Kier molecular flexibility index (Phi) is 6.09. The van der Waals surface area contributed by atoms with Crippen LogP contribution >= 0.6 is 0 Å². The van der Waals surface area contributed by atoms with Gasteiger partial charge in [0.2, 0.25) is 5.82 Å². The summed E-state index contributed by atoms with van der Waals surface area (Å²) in [5, 5.41) is 10.0. The largest absolute Gasteiger partial charge is 0.462 e. The summed E-state index contributed by atoms with van der Waals surface area (Å²) in [4.78, 5) is 36.4. The highest BCUT2D eigenvalue weighted by Gasteiger charge is 2.36. The Bertz CT molecular complexity index is 731. The van der Waals surface area contributed by atoms with Crippen LogP contribution in [0.25, 0.3) is 0 Å². The van der Waals surface area contributed by atoms with E-state index in [0.29, 0.717) is 12.6 Å². The van der Waals surface area contributed by atoms with Crippen LogP contribution < -0.4 is 17.0 Å². The minimum atomic E-state index is -1.15. The molecule has 140 valence electrons. The number of nitrogens with two attached hydrogens (primary N) is 1.